The van der Waals surface area contributed by atoms with Crippen LogP contribution in [0.3, 0.4) is 0 Å². The van der Waals surface area contributed by atoms with Crippen LogP contribution in [-0.4, -0.2) is 38.5 Å². The molecule has 1 amide bonds. The summed E-state index contributed by atoms with van der Waals surface area (Å²) in [7, 11) is 3.20. The second kappa shape index (κ2) is 7.91. The Bertz CT molecular complexity index is 426. The van der Waals surface area contributed by atoms with E-state index in [1.165, 1.54) is 11.8 Å². The number of hydrogen-bond donors (Lipinski definition) is 2. The van der Waals surface area contributed by atoms with Gasteiger partial charge in [-0.05, 0) is 25.1 Å². The van der Waals surface area contributed by atoms with Gasteiger partial charge < -0.3 is 20.5 Å². The number of thioether (sulfide) groups is 1. The molecule has 0 saturated carbocycles. The topological polar surface area (TPSA) is 73.6 Å². The third-order valence-corrected chi connectivity index (χ3v) is 3.67. The number of amides is 1. The lowest BCUT2D eigenvalue weighted by Gasteiger charge is -2.13. The van der Waals surface area contributed by atoms with Crippen molar-refractivity contribution >= 4 is 23.4 Å². The Hall–Kier alpha value is -1.40. The quantitative estimate of drug-likeness (QED) is 0.451. The number of carbonyl (C=O) groups is 1. The number of methoxy groups -OCH3 is 2. The summed E-state index contributed by atoms with van der Waals surface area (Å²) in [6.45, 7) is 2.85. The van der Waals surface area contributed by atoms with Gasteiger partial charge in [0.15, 0.2) is 0 Å². The highest BCUT2D eigenvalue weighted by Gasteiger charge is 2.15. The van der Waals surface area contributed by atoms with E-state index in [2.05, 4.69) is 5.32 Å². The molecule has 1 unspecified atom stereocenters. The van der Waals surface area contributed by atoms with Crippen LogP contribution in [0.25, 0.3) is 0 Å². The molecule has 19 heavy (non-hydrogen) atoms. The molecule has 0 saturated heterocycles. The van der Waals surface area contributed by atoms with Crippen molar-refractivity contribution in [3.63, 3.8) is 0 Å². The lowest BCUT2D eigenvalue weighted by molar-refractivity contribution is -0.120. The average Bonchev–Trinajstić information content (AvgIpc) is 2.41. The van der Waals surface area contributed by atoms with E-state index < -0.39 is 0 Å². The van der Waals surface area contributed by atoms with Crippen molar-refractivity contribution in [2.75, 3.05) is 33.1 Å². The van der Waals surface area contributed by atoms with Gasteiger partial charge in [-0.2, -0.15) is 0 Å². The van der Waals surface area contributed by atoms with Crippen molar-refractivity contribution in [3.8, 4) is 5.75 Å². The predicted molar refractivity (Wildman–Crippen MR) is 77.6 cm³/mol. The molecular weight excluding hydrogens is 264 g/mol. The molecule has 0 spiro atoms. The number of anilines is 1. The minimum absolute atomic E-state index is 0.0377. The van der Waals surface area contributed by atoms with Crippen LogP contribution in [0.4, 0.5) is 5.69 Å². The van der Waals surface area contributed by atoms with Crippen molar-refractivity contribution in [2.45, 2.75) is 17.1 Å². The molecule has 0 radical (unpaired) electrons. The van der Waals surface area contributed by atoms with Gasteiger partial charge in [-0.15, -0.1) is 11.8 Å². The number of nitrogens with one attached hydrogen (secondary N) is 1. The Morgan fingerprint density at radius 1 is 1.47 bits per heavy atom. The molecule has 5 nitrogen and oxygen atoms in total. The van der Waals surface area contributed by atoms with Gasteiger partial charge in [0.1, 0.15) is 5.75 Å². The summed E-state index contributed by atoms with van der Waals surface area (Å²) >= 11 is 1.41. The number of rotatable bonds is 7. The first-order valence-electron chi connectivity index (χ1n) is 5.95. The molecule has 6 heteroatoms. The fourth-order valence-electron chi connectivity index (χ4n) is 1.41. The molecule has 0 aromatic heterocycles. The molecule has 1 rings (SSSR count). The highest BCUT2D eigenvalue weighted by atomic mass is 32.2. The zero-order valence-electron chi connectivity index (χ0n) is 11.4. The van der Waals surface area contributed by atoms with E-state index in [-0.39, 0.29) is 11.2 Å². The molecule has 1 aromatic carbocycles. The van der Waals surface area contributed by atoms with E-state index in [0.717, 1.165) is 10.6 Å². The Morgan fingerprint density at radius 3 is 2.84 bits per heavy atom. The summed E-state index contributed by atoms with van der Waals surface area (Å²) < 4.78 is 10.0. The van der Waals surface area contributed by atoms with Gasteiger partial charge in [-0.1, -0.05) is 0 Å². The zero-order valence-corrected chi connectivity index (χ0v) is 12.3. The Labute approximate surface area is 117 Å². The van der Waals surface area contributed by atoms with E-state index in [4.69, 9.17) is 15.2 Å². The number of nitrogens with two attached hydrogens (primary N) is 1. The Balaban J connectivity index is 2.60. The van der Waals surface area contributed by atoms with E-state index in [1.54, 1.807) is 26.4 Å². The molecule has 0 bridgehead atoms. The van der Waals surface area contributed by atoms with Gasteiger partial charge in [-0.25, -0.2) is 0 Å². The molecular formula is C13H20N2O3S. The van der Waals surface area contributed by atoms with Crippen molar-refractivity contribution in [2.24, 2.45) is 0 Å². The van der Waals surface area contributed by atoms with Crippen molar-refractivity contribution in [1.82, 2.24) is 5.32 Å². The van der Waals surface area contributed by atoms with Crippen molar-refractivity contribution in [1.29, 1.82) is 0 Å². The lowest BCUT2D eigenvalue weighted by Crippen LogP contribution is -2.33. The van der Waals surface area contributed by atoms with Crippen LogP contribution < -0.4 is 15.8 Å². The number of hydrogen-bond acceptors (Lipinski definition) is 5. The van der Waals surface area contributed by atoms with Crippen LogP contribution in [0.15, 0.2) is 23.1 Å². The van der Waals surface area contributed by atoms with Crippen molar-refractivity contribution < 1.29 is 14.3 Å². The highest BCUT2D eigenvalue weighted by molar-refractivity contribution is 8.00. The molecule has 3 N–H and O–H groups in total. The predicted octanol–water partition coefficient (Wildman–Crippen LogP) is 1.52. The number of benzene rings is 1. The fourth-order valence-corrected chi connectivity index (χ4v) is 2.37. The van der Waals surface area contributed by atoms with Gasteiger partial charge in [0, 0.05) is 24.2 Å². The zero-order chi connectivity index (χ0) is 14.3. The number of ether oxygens (including phenoxy) is 2. The molecule has 1 atom stereocenters. The highest BCUT2D eigenvalue weighted by Crippen LogP contribution is 2.31. The van der Waals surface area contributed by atoms with Gasteiger partial charge in [0.05, 0.1) is 19.0 Å². The lowest BCUT2D eigenvalue weighted by atomic mass is 10.3. The third kappa shape index (κ3) is 5.00. The number of carbonyl (C=O) groups excluding carboxylic acids is 1. The van der Waals surface area contributed by atoms with Crippen LogP contribution in [0.1, 0.15) is 6.92 Å². The Kier molecular flexibility index (Phi) is 6.52. The van der Waals surface area contributed by atoms with Crippen LogP contribution in [0, 0.1) is 0 Å². The van der Waals surface area contributed by atoms with Gasteiger partial charge in [0.25, 0.3) is 0 Å². The van der Waals surface area contributed by atoms with Crippen LogP contribution in [0.2, 0.25) is 0 Å². The minimum atomic E-state index is -0.230. The molecule has 1 aromatic rings. The normalized spacial score (nSPS) is 11.9. The summed E-state index contributed by atoms with van der Waals surface area (Å²) in [5.41, 5.74) is 6.53. The number of nitrogen functional groups attached to an aromatic ring is 1. The maximum atomic E-state index is 11.8. The van der Waals surface area contributed by atoms with Crippen LogP contribution in [0.5, 0.6) is 5.75 Å². The van der Waals surface area contributed by atoms with Gasteiger partial charge >= 0.3 is 0 Å². The fraction of sp³-hybridized carbons (Fsp3) is 0.462. The van der Waals surface area contributed by atoms with E-state index in [1.807, 2.05) is 13.0 Å². The molecule has 0 fully saturated rings. The smallest absolute Gasteiger partial charge is 0.233 e. The maximum Gasteiger partial charge on any atom is 0.233 e. The first-order chi connectivity index (χ1) is 9.08. The second-order valence-corrected chi connectivity index (χ2v) is 5.33. The van der Waals surface area contributed by atoms with Crippen molar-refractivity contribution in [3.05, 3.63) is 18.2 Å². The van der Waals surface area contributed by atoms with Gasteiger partial charge in [-0.3, -0.25) is 4.79 Å². The SMILES string of the molecule is COCCNC(=O)C(C)Sc1cc(OC)ccc1N. The summed E-state index contributed by atoms with van der Waals surface area (Å²) in [5, 5.41) is 2.56. The third-order valence-electron chi connectivity index (χ3n) is 2.50. The largest absolute Gasteiger partial charge is 0.497 e. The minimum Gasteiger partial charge on any atom is -0.497 e. The molecule has 0 aliphatic heterocycles. The van der Waals surface area contributed by atoms with Crippen LogP contribution >= 0.6 is 11.8 Å². The molecule has 0 aliphatic carbocycles. The van der Waals surface area contributed by atoms with Gasteiger partial charge in [0.2, 0.25) is 5.91 Å². The standard InChI is InChI=1S/C13H20N2O3S/c1-9(13(16)15-6-7-17-2)19-12-8-10(18-3)4-5-11(12)14/h4-5,8-9H,6-7,14H2,1-3H3,(H,15,16). The molecule has 106 valence electrons. The average molecular weight is 284 g/mol. The summed E-state index contributed by atoms with van der Waals surface area (Å²) in [4.78, 5) is 12.7. The summed E-state index contributed by atoms with van der Waals surface area (Å²) in [5.74, 6) is 0.688. The monoisotopic (exact) mass is 284 g/mol. The van der Waals surface area contributed by atoms with E-state index in [9.17, 15) is 4.79 Å². The maximum absolute atomic E-state index is 11.8. The second-order valence-electron chi connectivity index (χ2n) is 3.95. The summed E-state index contributed by atoms with van der Waals surface area (Å²) in [6.07, 6.45) is 0. The first-order valence-corrected chi connectivity index (χ1v) is 6.83. The van der Waals surface area contributed by atoms with Crippen LogP contribution in [-0.2, 0) is 9.53 Å². The van der Waals surface area contributed by atoms with E-state index in [0.29, 0.717) is 18.8 Å². The summed E-state index contributed by atoms with van der Waals surface area (Å²) in [6, 6.07) is 5.40. The first kappa shape index (κ1) is 15.7. The Morgan fingerprint density at radius 2 is 2.21 bits per heavy atom. The molecule has 0 heterocycles. The molecule has 0 aliphatic rings. The van der Waals surface area contributed by atoms with E-state index >= 15 is 0 Å².